The highest BCUT2D eigenvalue weighted by Crippen LogP contribution is 2.29. The molecular formula is C25H22N4O2. The minimum absolute atomic E-state index is 0.140. The van der Waals surface area contributed by atoms with Gasteiger partial charge in [0.05, 0.1) is 11.9 Å². The molecule has 4 rings (SSSR count). The van der Waals surface area contributed by atoms with Crippen molar-refractivity contribution in [1.82, 2.24) is 9.97 Å². The number of nitrogens with two attached hydrogens (primary N) is 1. The third-order valence-electron chi connectivity index (χ3n) is 4.86. The van der Waals surface area contributed by atoms with E-state index in [-0.39, 0.29) is 11.7 Å². The Morgan fingerprint density at radius 1 is 0.903 bits per heavy atom. The molecule has 6 heteroatoms. The van der Waals surface area contributed by atoms with Crippen molar-refractivity contribution >= 4 is 17.4 Å². The zero-order valence-corrected chi connectivity index (χ0v) is 16.8. The zero-order chi connectivity index (χ0) is 21.6. The van der Waals surface area contributed by atoms with Gasteiger partial charge in [0.25, 0.3) is 0 Å². The highest BCUT2D eigenvalue weighted by atomic mass is 16.3. The van der Waals surface area contributed by atoms with Gasteiger partial charge in [0.2, 0.25) is 5.91 Å². The molecule has 0 aliphatic heterocycles. The number of rotatable bonds is 6. The Kier molecular flexibility index (Phi) is 5.89. The van der Waals surface area contributed by atoms with Crippen LogP contribution in [0.15, 0.2) is 85.1 Å². The van der Waals surface area contributed by atoms with Gasteiger partial charge >= 0.3 is 0 Å². The number of nitrogen functional groups attached to an aromatic ring is 1. The molecule has 0 aliphatic carbocycles. The Bertz CT molecular complexity index is 1170. The number of carbonyl (C=O) groups excluding carboxylic acids is 1. The van der Waals surface area contributed by atoms with Crippen molar-refractivity contribution in [3.8, 4) is 28.3 Å². The van der Waals surface area contributed by atoms with Gasteiger partial charge in [-0.1, -0.05) is 42.5 Å². The van der Waals surface area contributed by atoms with Crippen LogP contribution in [-0.2, 0) is 11.2 Å². The average molecular weight is 410 g/mol. The highest BCUT2D eigenvalue weighted by molar-refractivity contribution is 5.93. The number of carbonyl (C=O) groups is 1. The van der Waals surface area contributed by atoms with Crippen LogP contribution >= 0.6 is 0 Å². The Labute approximate surface area is 180 Å². The largest absolute Gasteiger partial charge is 0.508 e. The van der Waals surface area contributed by atoms with E-state index in [4.69, 9.17) is 10.7 Å². The normalized spacial score (nSPS) is 10.6. The van der Waals surface area contributed by atoms with Gasteiger partial charge < -0.3 is 16.2 Å². The molecule has 4 aromatic rings. The number of aryl methyl sites for hydroxylation is 1. The molecule has 3 aromatic carbocycles. The third-order valence-corrected chi connectivity index (χ3v) is 4.86. The predicted octanol–water partition coefficient (Wildman–Crippen LogP) is 4.67. The van der Waals surface area contributed by atoms with Crippen molar-refractivity contribution in [2.45, 2.75) is 12.8 Å². The van der Waals surface area contributed by atoms with Crippen LogP contribution in [0.1, 0.15) is 12.0 Å². The minimum Gasteiger partial charge on any atom is -0.508 e. The topological polar surface area (TPSA) is 101 Å². The van der Waals surface area contributed by atoms with Crippen LogP contribution in [0, 0.1) is 0 Å². The summed E-state index contributed by atoms with van der Waals surface area (Å²) in [6.07, 6.45) is 2.60. The van der Waals surface area contributed by atoms with E-state index in [0.29, 0.717) is 35.7 Å². The van der Waals surface area contributed by atoms with E-state index in [2.05, 4.69) is 10.3 Å². The Hall–Kier alpha value is -4.19. The maximum Gasteiger partial charge on any atom is 0.225 e. The first-order valence-electron chi connectivity index (χ1n) is 9.94. The van der Waals surface area contributed by atoms with Crippen molar-refractivity contribution < 1.29 is 9.90 Å². The predicted molar refractivity (Wildman–Crippen MR) is 122 cm³/mol. The number of anilines is 2. The molecule has 0 bridgehead atoms. The second-order valence-electron chi connectivity index (χ2n) is 7.16. The van der Waals surface area contributed by atoms with Gasteiger partial charge in [-0.25, -0.2) is 9.97 Å². The molecule has 0 radical (unpaired) electrons. The molecule has 1 aromatic heterocycles. The Morgan fingerprint density at radius 2 is 1.58 bits per heavy atom. The number of nitrogens with zero attached hydrogens (tertiary/aromatic N) is 2. The van der Waals surface area contributed by atoms with Crippen LogP contribution in [0.25, 0.3) is 22.5 Å². The first-order chi connectivity index (χ1) is 15.1. The first kappa shape index (κ1) is 20.1. The van der Waals surface area contributed by atoms with Gasteiger partial charge in [0, 0.05) is 23.2 Å². The summed E-state index contributed by atoms with van der Waals surface area (Å²) >= 11 is 0. The lowest BCUT2D eigenvalue weighted by atomic mass is 10.1. The summed E-state index contributed by atoms with van der Waals surface area (Å²) in [5, 5.41) is 12.5. The lowest BCUT2D eigenvalue weighted by Crippen LogP contribution is -2.15. The molecule has 4 N–H and O–H groups in total. The number of amides is 1. The summed E-state index contributed by atoms with van der Waals surface area (Å²) in [6, 6.07) is 23.8. The van der Waals surface area contributed by atoms with Crippen molar-refractivity contribution in [2.24, 2.45) is 0 Å². The second kappa shape index (κ2) is 9.09. The van der Waals surface area contributed by atoms with E-state index in [0.717, 1.165) is 16.7 Å². The molecule has 1 heterocycles. The van der Waals surface area contributed by atoms with Gasteiger partial charge in [-0.15, -0.1) is 0 Å². The first-order valence-corrected chi connectivity index (χ1v) is 9.94. The van der Waals surface area contributed by atoms with E-state index in [1.54, 1.807) is 42.6 Å². The van der Waals surface area contributed by atoms with Crippen molar-refractivity contribution in [1.29, 1.82) is 0 Å². The molecule has 0 saturated carbocycles. The summed E-state index contributed by atoms with van der Waals surface area (Å²) in [4.78, 5) is 21.8. The zero-order valence-electron chi connectivity index (χ0n) is 16.8. The average Bonchev–Trinajstić information content (AvgIpc) is 2.80. The number of aromatic nitrogens is 2. The molecule has 0 unspecified atom stereocenters. The molecule has 0 fully saturated rings. The minimum atomic E-state index is -0.140. The Balaban J connectivity index is 1.61. The standard InChI is InChI=1S/C25H22N4O2/c26-20-11-7-18(8-12-20)22-16-27-25(24(28-22)19-9-13-21(30)14-10-19)29-23(31)15-6-17-4-2-1-3-5-17/h1-5,7-14,16,30H,6,15,26H2,(H,27,29,31). The van der Waals surface area contributed by atoms with Crippen molar-refractivity contribution in [2.75, 3.05) is 11.1 Å². The second-order valence-corrected chi connectivity index (χ2v) is 7.16. The molecule has 0 aliphatic rings. The Morgan fingerprint density at radius 3 is 2.29 bits per heavy atom. The van der Waals surface area contributed by atoms with Gasteiger partial charge in [-0.3, -0.25) is 4.79 Å². The number of aromatic hydroxyl groups is 1. The van der Waals surface area contributed by atoms with Crippen LogP contribution in [0.2, 0.25) is 0 Å². The highest BCUT2D eigenvalue weighted by Gasteiger charge is 2.14. The molecule has 0 spiro atoms. The lowest BCUT2D eigenvalue weighted by molar-refractivity contribution is -0.116. The van der Waals surface area contributed by atoms with Crippen LogP contribution in [0.3, 0.4) is 0 Å². The third kappa shape index (κ3) is 5.05. The maximum absolute atomic E-state index is 12.6. The molecule has 0 saturated heterocycles. The number of hydrogen-bond acceptors (Lipinski definition) is 5. The summed E-state index contributed by atoms with van der Waals surface area (Å²) < 4.78 is 0. The summed E-state index contributed by atoms with van der Waals surface area (Å²) in [5.41, 5.74) is 10.3. The van der Waals surface area contributed by atoms with E-state index in [1.807, 2.05) is 42.5 Å². The fourth-order valence-corrected chi connectivity index (χ4v) is 3.19. The number of nitrogens with one attached hydrogen (secondary N) is 1. The summed E-state index contributed by atoms with van der Waals surface area (Å²) in [5.74, 6) is 0.390. The van der Waals surface area contributed by atoms with Crippen LogP contribution in [0.5, 0.6) is 5.75 Å². The van der Waals surface area contributed by atoms with Gasteiger partial charge in [0.15, 0.2) is 5.82 Å². The molecule has 31 heavy (non-hydrogen) atoms. The number of phenolic OH excluding ortho intramolecular Hbond substituents is 1. The quantitative estimate of drug-likeness (QED) is 0.401. The van der Waals surface area contributed by atoms with Gasteiger partial charge in [-0.2, -0.15) is 0 Å². The van der Waals surface area contributed by atoms with Gasteiger partial charge in [-0.05, 0) is 48.4 Å². The van der Waals surface area contributed by atoms with Crippen LogP contribution in [0.4, 0.5) is 11.5 Å². The number of phenols is 1. The smallest absolute Gasteiger partial charge is 0.225 e. The van der Waals surface area contributed by atoms with Crippen LogP contribution < -0.4 is 11.1 Å². The number of benzene rings is 3. The van der Waals surface area contributed by atoms with Gasteiger partial charge in [0.1, 0.15) is 11.4 Å². The molecular weight excluding hydrogens is 388 g/mol. The monoisotopic (exact) mass is 410 g/mol. The summed E-state index contributed by atoms with van der Waals surface area (Å²) in [6.45, 7) is 0. The van der Waals surface area contributed by atoms with E-state index < -0.39 is 0 Å². The van der Waals surface area contributed by atoms with Crippen molar-refractivity contribution in [3.63, 3.8) is 0 Å². The molecule has 154 valence electrons. The van der Waals surface area contributed by atoms with E-state index >= 15 is 0 Å². The van der Waals surface area contributed by atoms with E-state index in [1.165, 1.54) is 0 Å². The number of hydrogen-bond donors (Lipinski definition) is 3. The maximum atomic E-state index is 12.6. The van der Waals surface area contributed by atoms with Crippen LogP contribution in [-0.4, -0.2) is 21.0 Å². The summed E-state index contributed by atoms with van der Waals surface area (Å²) in [7, 11) is 0. The fraction of sp³-hybridized carbons (Fsp3) is 0.0800. The SMILES string of the molecule is Nc1ccc(-c2cnc(NC(=O)CCc3ccccc3)c(-c3ccc(O)cc3)n2)cc1. The van der Waals surface area contributed by atoms with E-state index in [9.17, 15) is 9.90 Å². The fourth-order valence-electron chi connectivity index (χ4n) is 3.19. The molecule has 0 atom stereocenters. The molecule has 1 amide bonds. The lowest BCUT2D eigenvalue weighted by Gasteiger charge is -2.12. The van der Waals surface area contributed by atoms with Crippen molar-refractivity contribution in [3.05, 3.63) is 90.6 Å². The molecule has 6 nitrogen and oxygen atoms in total.